The molecule has 0 aromatic heterocycles. The van der Waals surface area contributed by atoms with Crippen LogP contribution in [-0.4, -0.2) is 32.2 Å². The fourth-order valence-electron chi connectivity index (χ4n) is 4.43. The highest BCUT2D eigenvalue weighted by Crippen LogP contribution is 2.39. The van der Waals surface area contributed by atoms with E-state index in [1.807, 2.05) is 24.3 Å². The van der Waals surface area contributed by atoms with Gasteiger partial charge in [-0.15, -0.1) is 6.58 Å². The van der Waals surface area contributed by atoms with Gasteiger partial charge in [0.1, 0.15) is 0 Å². The molecule has 1 aliphatic heterocycles. The molecule has 0 amide bonds. The van der Waals surface area contributed by atoms with Gasteiger partial charge in [-0.2, -0.15) is 0 Å². The third-order valence-corrected chi connectivity index (χ3v) is 11.1. The average molecular weight is 470 g/mol. The summed E-state index contributed by atoms with van der Waals surface area (Å²) in [6.45, 7) is 12.0. The molecule has 0 N–H and O–H groups in total. The molecule has 1 fully saturated rings. The van der Waals surface area contributed by atoms with E-state index in [4.69, 9.17) is 13.7 Å². The monoisotopic (exact) mass is 470 g/mol. The van der Waals surface area contributed by atoms with Gasteiger partial charge in [0.15, 0.2) is 0 Å². The van der Waals surface area contributed by atoms with Crippen molar-refractivity contribution in [2.45, 2.75) is 57.8 Å². The fourth-order valence-corrected chi connectivity index (χ4v) is 8.68. The third-order valence-electron chi connectivity index (χ3n) is 7.15. The highest BCUT2D eigenvalue weighted by Gasteiger charge is 2.64. The van der Waals surface area contributed by atoms with Crippen molar-refractivity contribution in [1.82, 2.24) is 0 Å². The first-order valence-corrected chi connectivity index (χ1v) is 14.1. The van der Waals surface area contributed by atoms with Crippen LogP contribution < -0.4 is 10.4 Å². The molecule has 1 saturated heterocycles. The first-order valence-electron chi connectivity index (χ1n) is 12.1. The molecule has 4 rings (SSSR count). The molecule has 0 spiro atoms. The highest BCUT2D eigenvalue weighted by molar-refractivity contribution is 7.37. The van der Waals surface area contributed by atoms with E-state index in [1.54, 1.807) is 0 Å². The molecule has 0 radical (unpaired) electrons. The van der Waals surface area contributed by atoms with Crippen molar-refractivity contribution in [2.75, 3.05) is 0 Å². The first kappa shape index (κ1) is 24.7. The fraction of sp³-hybridized carbons (Fsp3) is 0.310. The van der Waals surface area contributed by atoms with Crippen molar-refractivity contribution >= 4 is 25.3 Å². The Bertz CT molecular complexity index is 1010. The predicted molar refractivity (Wildman–Crippen MR) is 144 cm³/mol. The second kappa shape index (κ2) is 10.0. The highest BCUT2D eigenvalue weighted by atomic mass is 28.3. The third kappa shape index (κ3) is 4.84. The normalized spacial score (nSPS) is 17.9. The summed E-state index contributed by atoms with van der Waals surface area (Å²) < 4.78 is 20.7. The van der Waals surface area contributed by atoms with Crippen molar-refractivity contribution in [3.05, 3.63) is 109 Å². The molecule has 34 heavy (non-hydrogen) atoms. The summed E-state index contributed by atoms with van der Waals surface area (Å²) in [5, 5.41) is 2.26. The Morgan fingerprint density at radius 2 is 1.24 bits per heavy atom. The molecule has 1 unspecified atom stereocenters. The summed E-state index contributed by atoms with van der Waals surface area (Å²) >= 11 is 0. The SMILES string of the molecule is C=CC(CCc1ccccc1)O[Si](B1OC(C)(C)C(C)(C)O1)(c1ccccc1)c1ccccc1. The van der Waals surface area contributed by atoms with E-state index < -0.39 is 26.1 Å². The summed E-state index contributed by atoms with van der Waals surface area (Å²) in [6, 6.07) is 31.5. The lowest BCUT2D eigenvalue weighted by Crippen LogP contribution is -2.73. The number of rotatable bonds is 9. The lowest BCUT2D eigenvalue weighted by molar-refractivity contribution is 0.00578. The molecular weight excluding hydrogens is 435 g/mol. The Labute approximate surface area is 206 Å². The molecule has 5 heteroatoms. The Kier molecular flexibility index (Phi) is 7.29. The number of hydrogen-bond donors (Lipinski definition) is 0. The van der Waals surface area contributed by atoms with E-state index in [1.165, 1.54) is 5.56 Å². The van der Waals surface area contributed by atoms with Crippen LogP contribution in [0.5, 0.6) is 0 Å². The van der Waals surface area contributed by atoms with Crippen LogP contribution in [0.25, 0.3) is 0 Å². The summed E-state index contributed by atoms with van der Waals surface area (Å²) in [7, 11) is -3.03. The van der Waals surface area contributed by atoms with Crippen LogP contribution in [0, 0.1) is 0 Å². The maximum absolute atomic E-state index is 7.22. The van der Waals surface area contributed by atoms with Crippen LogP contribution >= 0.6 is 0 Å². The van der Waals surface area contributed by atoms with Gasteiger partial charge >= 0.3 is 6.71 Å². The van der Waals surface area contributed by atoms with Gasteiger partial charge in [-0.1, -0.05) is 97.1 Å². The Morgan fingerprint density at radius 3 is 1.68 bits per heavy atom. The minimum atomic E-state index is -3.03. The minimum Gasteiger partial charge on any atom is -0.404 e. The van der Waals surface area contributed by atoms with Gasteiger partial charge in [0.05, 0.1) is 17.3 Å². The molecule has 1 aliphatic rings. The van der Waals surface area contributed by atoms with Gasteiger partial charge in [0.25, 0.3) is 8.19 Å². The second-order valence-corrected chi connectivity index (χ2v) is 13.3. The Morgan fingerprint density at radius 1 is 0.794 bits per heavy atom. The molecule has 3 nitrogen and oxygen atoms in total. The summed E-state index contributed by atoms with van der Waals surface area (Å²) in [5.41, 5.74) is 0.368. The largest absolute Gasteiger partial charge is 0.479 e. The number of aryl methyl sites for hydroxylation is 1. The van der Waals surface area contributed by atoms with Gasteiger partial charge < -0.3 is 13.7 Å². The molecule has 0 aliphatic carbocycles. The standard InChI is InChI=1S/C29H35BO3Si/c1-6-25(23-22-24-16-10-7-11-17-24)31-34(26-18-12-8-13-19-26,27-20-14-9-15-21-27)30-32-28(2,3)29(4,5)33-30/h6-21,25H,1,22-23H2,2-5H3. The van der Waals surface area contributed by atoms with Crippen LogP contribution in [-0.2, 0) is 20.2 Å². The van der Waals surface area contributed by atoms with E-state index in [0.717, 1.165) is 23.2 Å². The smallest absolute Gasteiger partial charge is 0.404 e. The van der Waals surface area contributed by atoms with E-state index in [2.05, 4.69) is 107 Å². The summed E-state index contributed by atoms with van der Waals surface area (Å²) in [6.07, 6.45) is 3.53. The molecule has 3 aromatic carbocycles. The van der Waals surface area contributed by atoms with Crippen LogP contribution in [0.15, 0.2) is 104 Å². The number of hydrogen-bond acceptors (Lipinski definition) is 3. The predicted octanol–water partition coefficient (Wildman–Crippen LogP) is 5.12. The molecule has 1 atom stereocenters. The zero-order chi connectivity index (χ0) is 24.2. The second-order valence-electron chi connectivity index (χ2n) is 9.97. The van der Waals surface area contributed by atoms with Crippen molar-refractivity contribution in [2.24, 2.45) is 0 Å². The maximum Gasteiger partial charge on any atom is 0.479 e. The molecule has 3 aromatic rings. The zero-order valence-electron chi connectivity index (χ0n) is 20.7. The Balaban J connectivity index is 1.79. The number of benzene rings is 3. The van der Waals surface area contributed by atoms with E-state index in [-0.39, 0.29) is 6.10 Å². The average Bonchev–Trinajstić information content (AvgIpc) is 3.08. The van der Waals surface area contributed by atoms with E-state index in [0.29, 0.717) is 0 Å². The van der Waals surface area contributed by atoms with Crippen molar-refractivity contribution < 1.29 is 13.7 Å². The van der Waals surface area contributed by atoms with Crippen LogP contribution in [0.2, 0.25) is 0 Å². The van der Waals surface area contributed by atoms with E-state index in [9.17, 15) is 0 Å². The van der Waals surface area contributed by atoms with Gasteiger partial charge in [0, 0.05) is 0 Å². The maximum atomic E-state index is 7.22. The van der Waals surface area contributed by atoms with Gasteiger partial charge in [-0.3, -0.25) is 0 Å². The first-order chi connectivity index (χ1) is 16.3. The van der Waals surface area contributed by atoms with Crippen molar-refractivity contribution in [3.63, 3.8) is 0 Å². The lowest BCUT2D eigenvalue weighted by Gasteiger charge is -2.36. The lowest BCUT2D eigenvalue weighted by atomic mass is 9.90. The molecule has 0 bridgehead atoms. The van der Waals surface area contributed by atoms with Crippen molar-refractivity contribution in [3.8, 4) is 0 Å². The summed E-state index contributed by atoms with van der Waals surface area (Å²) in [5.74, 6) is 0. The van der Waals surface area contributed by atoms with Crippen LogP contribution in [0.3, 0.4) is 0 Å². The Hall–Kier alpha value is -2.44. The quantitative estimate of drug-likeness (QED) is 0.321. The van der Waals surface area contributed by atoms with Gasteiger partial charge in [0.2, 0.25) is 0 Å². The molecule has 1 heterocycles. The molecule has 176 valence electrons. The van der Waals surface area contributed by atoms with E-state index >= 15 is 0 Å². The molecular formula is C29H35BO3Si. The molecule has 0 saturated carbocycles. The topological polar surface area (TPSA) is 27.7 Å². The van der Waals surface area contributed by atoms with Crippen molar-refractivity contribution in [1.29, 1.82) is 0 Å². The van der Waals surface area contributed by atoms with Gasteiger partial charge in [-0.25, -0.2) is 0 Å². The van der Waals surface area contributed by atoms with Crippen LogP contribution in [0.4, 0.5) is 0 Å². The summed E-state index contributed by atoms with van der Waals surface area (Å²) in [4.78, 5) is 0. The minimum absolute atomic E-state index is 0.147. The zero-order valence-corrected chi connectivity index (χ0v) is 21.7. The van der Waals surface area contributed by atoms with Crippen LogP contribution in [0.1, 0.15) is 39.7 Å². The van der Waals surface area contributed by atoms with Gasteiger partial charge in [-0.05, 0) is 56.5 Å².